The summed E-state index contributed by atoms with van der Waals surface area (Å²) in [7, 11) is 0. The normalized spacial score (nSPS) is 28.0. The van der Waals surface area contributed by atoms with Crippen LogP contribution in [0.1, 0.15) is 90.4 Å². The van der Waals surface area contributed by atoms with Crippen LogP contribution in [0.3, 0.4) is 0 Å². The first-order valence-corrected chi connectivity index (χ1v) is 11.6. The molecule has 0 unspecified atom stereocenters. The molecule has 0 spiro atoms. The van der Waals surface area contributed by atoms with Crippen molar-refractivity contribution in [2.75, 3.05) is 6.61 Å². The molecule has 3 aliphatic rings. The van der Waals surface area contributed by atoms with Gasteiger partial charge in [-0.15, -0.1) is 0 Å². The number of carbonyl (C=O) groups excluding carboxylic acids is 2. The molecule has 2 saturated heterocycles. The van der Waals surface area contributed by atoms with Crippen LogP contribution in [0.25, 0.3) is 0 Å². The van der Waals surface area contributed by atoms with E-state index in [1.165, 1.54) is 70.6 Å². The average Bonchev–Trinajstić information content (AvgIpc) is 3.37. The van der Waals surface area contributed by atoms with Crippen molar-refractivity contribution in [2.45, 2.75) is 103 Å². The maximum absolute atomic E-state index is 12.4. The van der Waals surface area contributed by atoms with Gasteiger partial charge in [0.25, 0.3) is 11.8 Å². The second-order valence-corrected chi connectivity index (χ2v) is 8.55. The van der Waals surface area contributed by atoms with Gasteiger partial charge in [0, 0.05) is 0 Å². The minimum Gasteiger partial charge on any atom is -0.365 e. The second-order valence-electron chi connectivity index (χ2n) is 8.55. The van der Waals surface area contributed by atoms with E-state index in [4.69, 9.17) is 9.57 Å². The molecule has 2 bridgehead atoms. The first-order valence-electron chi connectivity index (χ1n) is 11.6. The fourth-order valence-electron chi connectivity index (χ4n) is 4.68. The maximum atomic E-state index is 12.4. The van der Waals surface area contributed by atoms with E-state index in [2.05, 4.69) is 6.92 Å². The van der Waals surface area contributed by atoms with Gasteiger partial charge in [0.1, 0.15) is 0 Å². The monoisotopic (exact) mass is 391 g/mol. The van der Waals surface area contributed by atoms with Gasteiger partial charge in [-0.2, -0.15) is 5.06 Å². The van der Waals surface area contributed by atoms with Crippen molar-refractivity contribution >= 4 is 11.8 Å². The van der Waals surface area contributed by atoms with Gasteiger partial charge in [-0.25, -0.2) is 0 Å². The van der Waals surface area contributed by atoms with Crippen molar-refractivity contribution in [1.82, 2.24) is 5.06 Å². The Morgan fingerprint density at radius 3 is 1.64 bits per heavy atom. The summed E-state index contributed by atoms with van der Waals surface area (Å²) in [6, 6.07) is 0. The van der Waals surface area contributed by atoms with Gasteiger partial charge in [0.05, 0.1) is 30.7 Å². The van der Waals surface area contributed by atoms with Crippen molar-refractivity contribution in [1.29, 1.82) is 0 Å². The van der Waals surface area contributed by atoms with Gasteiger partial charge in [0.15, 0.2) is 0 Å². The van der Waals surface area contributed by atoms with Crippen molar-refractivity contribution in [3.05, 3.63) is 12.2 Å². The lowest BCUT2D eigenvalue weighted by Gasteiger charge is -2.16. The maximum Gasteiger partial charge on any atom is 0.260 e. The number of ether oxygens (including phenoxy) is 1. The smallest absolute Gasteiger partial charge is 0.260 e. The van der Waals surface area contributed by atoms with E-state index in [9.17, 15) is 9.59 Å². The van der Waals surface area contributed by atoms with E-state index in [0.29, 0.717) is 6.61 Å². The van der Waals surface area contributed by atoms with Crippen LogP contribution in [-0.4, -0.2) is 35.7 Å². The summed E-state index contributed by atoms with van der Waals surface area (Å²) in [6.07, 6.45) is 20.1. The Labute approximate surface area is 169 Å². The topological polar surface area (TPSA) is 55.8 Å². The van der Waals surface area contributed by atoms with Gasteiger partial charge in [0.2, 0.25) is 0 Å². The number of nitrogens with zero attached hydrogens (tertiary/aromatic N) is 1. The van der Waals surface area contributed by atoms with Crippen molar-refractivity contribution in [3.63, 3.8) is 0 Å². The van der Waals surface area contributed by atoms with E-state index in [1.807, 2.05) is 12.2 Å². The average molecular weight is 392 g/mol. The van der Waals surface area contributed by atoms with Gasteiger partial charge in [-0.05, 0) is 6.42 Å². The van der Waals surface area contributed by atoms with Crippen molar-refractivity contribution < 1.29 is 19.2 Å². The molecule has 158 valence electrons. The van der Waals surface area contributed by atoms with E-state index in [0.717, 1.165) is 17.9 Å². The second kappa shape index (κ2) is 11.1. The summed E-state index contributed by atoms with van der Waals surface area (Å²) >= 11 is 0. The zero-order valence-corrected chi connectivity index (χ0v) is 17.4. The van der Waals surface area contributed by atoms with E-state index in [-0.39, 0.29) is 35.9 Å². The zero-order chi connectivity index (χ0) is 19.8. The van der Waals surface area contributed by atoms with Gasteiger partial charge in [-0.3, -0.25) is 14.4 Å². The lowest BCUT2D eigenvalue weighted by atomic mass is 9.85. The lowest BCUT2D eigenvalue weighted by Crippen LogP contribution is -2.34. The van der Waals surface area contributed by atoms with Gasteiger partial charge >= 0.3 is 0 Å². The number of unbranched alkanes of at least 4 members (excludes halogenated alkanes) is 12. The predicted octanol–water partition coefficient (Wildman–Crippen LogP) is 4.95. The SMILES string of the molecule is CCCCCCCCCCCCCCCON1C(=O)[C@@H]2[C@@H](C1=O)[C@H]1C=C[C@@H]2O1. The molecule has 0 aromatic heterocycles. The molecule has 0 aromatic rings. The molecule has 28 heavy (non-hydrogen) atoms. The molecule has 0 N–H and O–H groups in total. The summed E-state index contributed by atoms with van der Waals surface area (Å²) in [5, 5.41) is 1.02. The van der Waals surface area contributed by atoms with Gasteiger partial charge in [-0.1, -0.05) is 96.1 Å². The molecule has 5 nitrogen and oxygen atoms in total. The molecule has 2 amide bonds. The molecule has 3 aliphatic heterocycles. The first-order chi connectivity index (χ1) is 13.7. The number of hydrogen-bond acceptors (Lipinski definition) is 4. The quantitative estimate of drug-likeness (QED) is 0.225. The molecule has 2 fully saturated rings. The standard InChI is InChI=1S/C23H37NO4/c1-2-3-4-5-6-7-8-9-10-11-12-13-14-17-27-24-22(25)20-18-15-16-19(28-18)21(20)23(24)26/h15-16,18-21H,2-14,17H2,1H3/t18-,19+,20-,21-/m0/s1. The molecule has 3 rings (SSSR count). The Bertz CT molecular complexity index is 517. The minimum absolute atomic E-state index is 0.221. The fourth-order valence-corrected chi connectivity index (χ4v) is 4.68. The number of hydrogen-bond donors (Lipinski definition) is 0. The fraction of sp³-hybridized carbons (Fsp3) is 0.826. The van der Waals surface area contributed by atoms with Crippen molar-refractivity contribution in [2.24, 2.45) is 11.8 Å². The summed E-state index contributed by atoms with van der Waals surface area (Å²) in [5.74, 6) is -1.17. The van der Waals surface area contributed by atoms with Crippen LogP contribution in [0.5, 0.6) is 0 Å². The molecule has 5 heteroatoms. The van der Waals surface area contributed by atoms with Crippen LogP contribution in [0.4, 0.5) is 0 Å². The van der Waals surface area contributed by atoms with E-state index in [1.54, 1.807) is 0 Å². The molecule has 0 aromatic carbocycles. The number of imide groups is 1. The molecular weight excluding hydrogens is 354 g/mol. The molecule has 0 radical (unpaired) electrons. The number of fused-ring (bicyclic) bond motifs is 5. The lowest BCUT2D eigenvalue weighted by molar-refractivity contribution is -0.192. The van der Waals surface area contributed by atoms with Crippen LogP contribution >= 0.6 is 0 Å². The van der Waals surface area contributed by atoms with Crippen LogP contribution in [-0.2, 0) is 19.2 Å². The third-order valence-corrected chi connectivity index (χ3v) is 6.34. The Morgan fingerprint density at radius 1 is 0.750 bits per heavy atom. The van der Waals surface area contributed by atoms with Crippen LogP contribution in [0, 0.1) is 11.8 Å². The largest absolute Gasteiger partial charge is 0.365 e. The Morgan fingerprint density at radius 2 is 1.18 bits per heavy atom. The zero-order valence-electron chi connectivity index (χ0n) is 17.4. The predicted molar refractivity (Wildman–Crippen MR) is 108 cm³/mol. The highest BCUT2D eigenvalue weighted by Crippen LogP contribution is 2.45. The van der Waals surface area contributed by atoms with Crippen molar-refractivity contribution in [3.8, 4) is 0 Å². The van der Waals surface area contributed by atoms with Gasteiger partial charge < -0.3 is 4.74 Å². The minimum atomic E-state index is -0.367. The third-order valence-electron chi connectivity index (χ3n) is 6.34. The van der Waals surface area contributed by atoms with E-state index < -0.39 is 0 Å². The van der Waals surface area contributed by atoms with E-state index >= 15 is 0 Å². The molecule has 0 saturated carbocycles. The van der Waals surface area contributed by atoms with Crippen LogP contribution < -0.4 is 0 Å². The highest BCUT2D eigenvalue weighted by atomic mass is 16.7. The summed E-state index contributed by atoms with van der Waals surface area (Å²) in [4.78, 5) is 30.4. The first kappa shape index (κ1) is 21.5. The van der Waals surface area contributed by atoms with Crippen LogP contribution in [0.15, 0.2) is 12.2 Å². The van der Waals surface area contributed by atoms with Crippen LogP contribution in [0.2, 0.25) is 0 Å². The third kappa shape index (κ3) is 5.24. The summed E-state index contributed by atoms with van der Waals surface area (Å²) in [5.41, 5.74) is 0. The molecule has 4 atom stereocenters. The number of carbonyl (C=O) groups is 2. The summed E-state index contributed by atoms with van der Waals surface area (Å²) in [6.45, 7) is 2.71. The summed E-state index contributed by atoms with van der Waals surface area (Å²) < 4.78 is 5.62. The molecule has 0 aliphatic carbocycles. The molecular formula is C23H37NO4. The highest BCUT2D eigenvalue weighted by Gasteiger charge is 2.61. The molecule has 3 heterocycles. The number of amides is 2. The Kier molecular flexibility index (Phi) is 8.53. The number of hydroxylamine groups is 2. The highest BCUT2D eigenvalue weighted by molar-refractivity contribution is 6.05. The Hall–Kier alpha value is -1.20. The number of rotatable bonds is 15. The Balaban J connectivity index is 1.15.